The zero-order valence-corrected chi connectivity index (χ0v) is 13.1. The van der Waals surface area contributed by atoms with E-state index in [0.717, 1.165) is 5.56 Å². The van der Waals surface area contributed by atoms with Crippen molar-refractivity contribution in [2.24, 2.45) is 0 Å². The summed E-state index contributed by atoms with van der Waals surface area (Å²) in [5.41, 5.74) is 2.36. The smallest absolute Gasteiger partial charge is 0.319 e. The summed E-state index contributed by atoms with van der Waals surface area (Å²) in [6.07, 6.45) is 0. The molecule has 0 spiro atoms. The molecule has 0 bridgehead atoms. The van der Waals surface area contributed by atoms with Gasteiger partial charge in [-0.05, 0) is 48.9 Å². The number of methoxy groups -OCH3 is 1. The second-order valence-corrected chi connectivity index (χ2v) is 4.95. The lowest BCUT2D eigenvalue weighted by Gasteiger charge is -2.09. The highest BCUT2D eigenvalue weighted by Gasteiger charge is 2.06. The van der Waals surface area contributed by atoms with Gasteiger partial charge in [0.1, 0.15) is 5.75 Å². The van der Waals surface area contributed by atoms with Gasteiger partial charge < -0.3 is 20.7 Å². The third kappa shape index (κ3) is 5.35. The summed E-state index contributed by atoms with van der Waals surface area (Å²) < 4.78 is 5.04. The number of aryl methyl sites for hydroxylation is 1. The van der Waals surface area contributed by atoms with Crippen LogP contribution in [-0.2, 0) is 4.79 Å². The van der Waals surface area contributed by atoms with Gasteiger partial charge in [0.25, 0.3) is 0 Å². The first-order valence-electron chi connectivity index (χ1n) is 7.12. The highest BCUT2D eigenvalue weighted by Crippen LogP contribution is 2.14. The van der Waals surface area contributed by atoms with Crippen molar-refractivity contribution < 1.29 is 14.3 Å². The van der Waals surface area contributed by atoms with Crippen molar-refractivity contribution in [2.45, 2.75) is 6.92 Å². The van der Waals surface area contributed by atoms with E-state index in [1.807, 2.05) is 25.1 Å². The van der Waals surface area contributed by atoms with Crippen LogP contribution in [0.3, 0.4) is 0 Å². The van der Waals surface area contributed by atoms with Gasteiger partial charge in [-0.3, -0.25) is 4.79 Å². The van der Waals surface area contributed by atoms with Gasteiger partial charge in [-0.15, -0.1) is 0 Å². The summed E-state index contributed by atoms with van der Waals surface area (Å²) in [5, 5.41) is 7.86. The molecule has 0 saturated carbocycles. The van der Waals surface area contributed by atoms with Crippen molar-refractivity contribution >= 4 is 23.3 Å². The zero-order chi connectivity index (χ0) is 16.7. The number of carbonyl (C=O) groups excluding carboxylic acids is 2. The number of hydrogen-bond donors (Lipinski definition) is 3. The Bertz CT molecular complexity index is 684. The first-order valence-corrected chi connectivity index (χ1v) is 7.12. The molecule has 0 aromatic heterocycles. The molecule has 0 aliphatic carbocycles. The number of hydrogen-bond acceptors (Lipinski definition) is 3. The van der Waals surface area contributed by atoms with Crippen molar-refractivity contribution in [3.8, 4) is 5.75 Å². The third-order valence-corrected chi connectivity index (χ3v) is 3.06. The molecule has 2 aromatic rings. The maximum absolute atomic E-state index is 11.8. The molecule has 0 aliphatic rings. The molecule has 2 aromatic carbocycles. The molecular formula is C17H19N3O3. The van der Waals surface area contributed by atoms with Crippen LogP contribution in [0.15, 0.2) is 48.5 Å². The molecule has 2 rings (SSSR count). The minimum atomic E-state index is -0.430. The number of ether oxygens (including phenoxy) is 1. The van der Waals surface area contributed by atoms with Crippen LogP contribution in [0.4, 0.5) is 16.2 Å². The van der Waals surface area contributed by atoms with Crippen molar-refractivity contribution in [1.29, 1.82) is 0 Å². The van der Waals surface area contributed by atoms with Crippen LogP contribution in [0.1, 0.15) is 5.56 Å². The lowest BCUT2D eigenvalue weighted by atomic mass is 10.2. The summed E-state index contributed by atoms with van der Waals surface area (Å²) in [7, 11) is 1.57. The summed E-state index contributed by atoms with van der Waals surface area (Å²) in [6.45, 7) is 1.81. The molecule has 0 saturated heterocycles. The normalized spacial score (nSPS) is 9.83. The van der Waals surface area contributed by atoms with Gasteiger partial charge in [0.05, 0.1) is 13.7 Å². The van der Waals surface area contributed by atoms with E-state index in [4.69, 9.17) is 4.74 Å². The molecular weight excluding hydrogens is 294 g/mol. The number of anilines is 2. The molecule has 0 aliphatic heterocycles. The molecule has 6 nitrogen and oxygen atoms in total. The molecule has 120 valence electrons. The highest BCUT2D eigenvalue weighted by atomic mass is 16.5. The predicted octanol–water partition coefficient (Wildman–Crippen LogP) is 2.76. The number of amides is 3. The van der Waals surface area contributed by atoms with Gasteiger partial charge in [-0.2, -0.15) is 0 Å². The van der Waals surface area contributed by atoms with Crippen LogP contribution >= 0.6 is 0 Å². The van der Waals surface area contributed by atoms with Crippen LogP contribution in [0.2, 0.25) is 0 Å². The maximum atomic E-state index is 11.8. The maximum Gasteiger partial charge on any atom is 0.319 e. The predicted molar refractivity (Wildman–Crippen MR) is 89.8 cm³/mol. The second-order valence-electron chi connectivity index (χ2n) is 4.95. The summed E-state index contributed by atoms with van der Waals surface area (Å²) in [6, 6.07) is 13.9. The van der Waals surface area contributed by atoms with Crippen molar-refractivity contribution in [2.75, 3.05) is 24.3 Å². The first-order chi connectivity index (χ1) is 11.1. The Morgan fingerprint density at radius 3 is 2.39 bits per heavy atom. The van der Waals surface area contributed by atoms with E-state index in [9.17, 15) is 9.59 Å². The third-order valence-electron chi connectivity index (χ3n) is 3.06. The van der Waals surface area contributed by atoms with Crippen LogP contribution in [0, 0.1) is 6.92 Å². The number of rotatable bonds is 5. The fraction of sp³-hybridized carbons (Fsp3) is 0.176. The van der Waals surface area contributed by atoms with E-state index in [2.05, 4.69) is 16.0 Å². The van der Waals surface area contributed by atoms with Crippen LogP contribution in [0.25, 0.3) is 0 Å². The van der Waals surface area contributed by atoms with Gasteiger partial charge in [-0.1, -0.05) is 12.1 Å². The van der Waals surface area contributed by atoms with E-state index >= 15 is 0 Å². The molecule has 6 heteroatoms. The lowest BCUT2D eigenvalue weighted by molar-refractivity contribution is -0.115. The minimum Gasteiger partial charge on any atom is -0.497 e. The Labute approximate surface area is 134 Å². The molecule has 3 N–H and O–H groups in total. The second kappa shape index (κ2) is 7.84. The molecule has 0 unspecified atom stereocenters. The quantitative estimate of drug-likeness (QED) is 0.794. The monoisotopic (exact) mass is 313 g/mol. The number of benzene rings is 2. The summed E-state index contributed by atoms with van der Waals surface area (Å²) in [5.74, 6) is 0.396. The number of nitrogens with one attached hydrogen (secondary N) is 3. The van der Waals surface area contributed by atoms with Gasteiger partial charge in [0.15, 0.2) is 0 Å². The lowest BCUT2D eigenvalue weighted by Crippen LogP contribution is -2.35. The Hall–Kier alpha value is -3.02. The van der Waals surface area contributed by atoms with E-state index in [1.54, 1.807) is 37.4 Å². The standard InChI is InChI=1S/C17H19N3O3/c1-12-4-3-5-14(10-12)20-17(22)18-11-16(21)19-13-6-8-15(23-2)9-7-13/h3-10H,11H2,1-2H3,(H,19,21)(H2,18,20,22). The summed E-state index contributed by atoms with van der Waals surface area (Å²) >= 11 is 0. The van der Waals surface area contributed by atoms with Gasteiger partial charge in [-0.25, -0.2) is 4.79 Å². The van der Waals surface area contributed by atoms with E-state index in [1.165, 1.54) is 0 Å². The Morgan fingerprint density at radius 1 is 1.00 bits per heavy atom. The first kappa shape index (κ1) is 16.4. The molecule has 0 atom stereocenters. The SMILES string of the molecule is COc1ccc(NC(=O)CNC(=O)Nc2cccc(C)c2)cc1. The van der Waals surface area contributed by atoms with Crippen molar-refractivity contribution in [3.63, 3.8) is 0 Å². The molecule has 23 heavy (non-hydrogen) atoms. The number of carbonyl (C=O) groups is 2. The van der Waals surface area contributed by atoms with Crippen molar-refractivity contribution in [1.82, 2.24) is 5.32 Å². The van der Waals surface area contributed by atoms with E-state index in [-0.39, 0.29) is 12.5 Å². The van der Waals surface area contributed by atoms with E-state index in [0.29, 0.717) is 17.1 Å². The zero-order valence-electron chi connectivity index (χ0n) is 13.1. The van der Waals surface area contributed by atoms with Crippen LogP contribution in [0.5, 0.6) is 5.75 Å². The van der Waals surface area contributed by atoms with Crippen LogP contribution < -0.4 is 20.7 Å². The van der Waals surface area contributed by atoms with Crippen LogP contribution in [-0.4, -0.2) is 25.6 Å². The average molecular weight is 313 g/mol. The van der Waals surface area contributed by atoms with Crippen molar-refractivity contribution in [3.05, 3.63) is 54.1 Å². The van der Waals surface area contributed by atoms with Gasteiger partial charge in [0.2, 0.25) is 5.91 Å². The fourth-order valence-corrected chi connectivity index (χ4v) is 1.94. The molecule has 3 amide bonds. The largest absolute Gasteiger partial charge is 0.497 e. The fourth-order valence-electron chi connectivity index (χ4n) is 1.94. The Morgan fingerprint density at radius 2 is 1.74 bits per heavy atom. The Kier molecular flexibility index (Phi) is 5.57. The number of urea groups is 1. The van der Waals surface area contributed by atoms with E-state index < -0.39 is 6.03 Å². The topological polar surface area (TPSA) is 79.5 Å². The van der Waals surface area contributed by atoms with Gasteiger partial charge in [0, 0.05) is 11.4 Å². The molecule has 0 heterocycles. The molecule has 0 fully saturated rings. The minimum absolute atomic E-state index is 0.121. The molecule has 0 radical (unpaired) electrons. The average Bonchev–Trinajstić information content (AvgIpc) is 2.54. The van der Waals surface area contributed by atoms with Gasteiger partial charge >= 0.3 is 6.03 Å². The highest BCUT2D eigenvalue weighted by molar-refractivity contribution is 5.96. The Balaban J connectivity index is 1.78. The summed E-state index contributed by atoms with van der Waals surface area (Å²) in [4.78, 5) is 23.5.